The second kappa shape index (κ2) is 11.5. The van der Waals surface area contributed by atoms with Crippen molar-refractivity contribution in [3.8, 4) is 5.75 Å². The topological polar surface area (TPSA) is 98.3 Å². The van der Waals surface area contributed by atoms with E-state index in [1.54, 1.807) is 30.1 Å². The van der Waals surface area contributed by atoms with Crippen molar-refractivity contribution in [1.82, 2.24) is 29.4 Å². The number of benzene rings is 3. The average molecular weight is 629 g/mol. The molecule has 0 fully saturated rings. The van der Waals surface area contributed by atoms with E-state index >= 15 is 0 Å². The van der Waals surface area contributed by atoms with Crippen LogP contribution in [0.15, 0.2) is 54.7 Å². The molecule has 6 rings (SSSR count). The van der Waals surface area contributed by atoms with E-state index in [4.69, 9.17) is 21.3 Å². The Bertz CT molecular complexity index is 1890. The van der Waals surface area contributed by atoms with Crippen LogP contribution in [0.3, 0.4) is 0 Å². The largest absolute Gasteiger partial charge is 0.488 e. The number of hydrogen-bond donors (Lipinski definition) is 1. The monoisotopic (exact) mass is 628 g/mol. The summed E-state index contributed by atoms with van der Waals surface area (Å²) in [5.41, 5.74) is 2.49. The zero-order chi connectivity index (χ0) is 31.2. The van der Waals surface area contributed by atoms with Crippen molar-refractivity contribution in [2.45, 2.75) is 38.8 Å². The summed E-state index contributed by atoms with van der Waals surface area (Å²) in [7, 11) is 1.75. The van der Waals surface area contributed by atoms with Crippen molar-refractivity contribution < 1.29 is 32.2 Å². The second-order valence-electron chi connectivity index (χ2n) is 10.6. The van der Waals surface area contributed by atoms with Crippen LogP contribution in [0.4, 0.5) is 17.6 Å². The molecule has 0 aliphatic carbocycles. The Morgan fingerprint density at radius 1 is 1.09 bits per heavy atom. The van der Waals surface area contributed by atoms with Crippen molar-refractivity contribution in [2.75, 3.05) is 6.54 Å². The van der Waals surface area contributed by atoms with Crippen LogP contribution in [0.25, 0.3) is 11.0 Å². The molecule has 0 atom stereocenters. The predicted molar refractivity (Wildman–Crippen MR) is 152 cm³/mol. The summed E-state index contributed by atoms with van der Waals surface area (Å²) in [6.07, 6.45) is -2.69. The number of imidazole rings is 1. The number of alkyl halides is 3. The Balaban J connectivity index is 1.30. The van der Waals surface area contributed by atoms with Gasteiger partial charge < -0.3 is 14.4 Å². The fraction of sp³-hybridized carbons (Fsp3) is 0.267. The van der Waals surface area contributed by atoms with Gasteiger partial charge >= 0.3 is 12.1 Å². The van der Waals surface area contributed by atoms with Crippen molar-refractivity contribution >= 4 is 28.6 Å². The number of carboxylic acids is 1. The lowest BCUT2D eigenvalue weighted by molar-refractivity contribution is -0.139. The predicted octanol–water partition coefficient (Wildman–Crippen LogP) is 5.86. The molecule has 9 nitrogen and oxygen atoms in total. The molecular weight excluding hydrogens is 604 g/mol. The van der Waals surface area contributed by atoms with Crippen LogP contribution in [0.2, 0.25) is 5.02 Å². The van der Waals surface area contributed by atoms with E-state index in [1.807, 2.05) is 4.57 Å². The van der Waals surface area contributed by atoms with Crippen LogP contribution in [0.1, 0.15) is 44.1 Å². The first-order chi connectivity index (χ1) is 21.0. The van der Waals surface area contributed by atoms with Crippen molar-refractivity contribution in [3.05, 3.63) is 105 Å². The first-order valence-corrected chi connectivity index (χ1v) is 13.9. The number of hydrogen-bond acceptors (Lipinski definition) is 6. The number of carbonyl (C=O) groups is 1. The lowest BCUT2D eigenvalue weighted by Gasteiger charge is -2.30. The number of rotatable bonds is 8. The number of ether oxygens (including phenoxy) is 1. The Morgan fingerprint density at radius 3 is 2.61 bits per heavy atom. The molecule has 0 amide bonds. The third kappa shape index (κ3) is 5.97. The molecule has 228 valence electrons. The van der Waals surface area contributed by atoms with Gasteiger partial charge in [-0.2, -0.15) is 13.2 Å². The minimum absolute atomic E-state index is 0.0791. The van der Waals surface area contributed by atoms with Gasteiger partial charge in [-0.15, -0.1) is 5.10 Å². The fourth-order valence-electron chi connectivity index (χ4n) is 5.33. The molecule has 14 heteroatoms. The van der Waals surface area contributed by atoms with Gasteiger partial charge in [0.1, 0.15) is 24.0 Å². The molecule has 1 aliphatic heterocycles. The van der Waals surface area contributed by atoms with Crippen LogP contribution in [-0.2, 0) is 45.9 Å². The Hall–Kier alpha value is -4.49. The first kappa shape index (κ1) is 29.6. The van der Waals surface area contributed by atoms with Crippen LogP contribution in [-0.4, -0.2) is 47.1 Å². The summed E-state index contributed by atoms with van der Waals surface area (Å²) >= 11 is 5.79. The molecule has 3 aromatic carbocycles. The van der Waals surface area contributed by atoms with E-state index in [0.717, 1.165) is 17.8 Å². The van der Waals surface area contributed by atoms with Gasteiger partial charge in [0, 0.05) is 30.7 Å². The molecule has 3 heterocycles. The molecule has 2 aromatic heterocycles. The maximum Gasteiger partial charge on any atom is 0.419 e. The SMILES string of the molecule is Cn1nncc1Cn1c(CN2CCc3cc(C(F)(F)F)c(OCc4ccc(Cl)cc4F)cc3C2)nc2ccc(C(=O)O)cc21. The van der Waals surface area contributed by atoms with Gasteiger partial charge in [-0.25, -0.2) is 14.2 Å². The number of halogens is 5. The Morgan fingerprint density at radius 2 is 1.91 bits per heavy atom. The summed E-state index contributed by atoms with van der Waals surface area (Å²) in [6, 6.07) is 11.1. The molecule has 44 heavy (non-hydrogen) atoms. The van der Waals surface area contributed by atoms with Crippen LogP contribution < -0.4 is 4.74 Å². The van der Waals surface area contributed by atoms with Gasteiger partial charge in [0.25, 0.3) is 0 Å². The number of aromatic nitrogens is 5. The minimum atomic E-state index is -4.67. The highest BCUT2D eigenvalue weighted by molar-refractivity contribution is 6.30. The number of carboxylic acid groups (broad SMARTS) is 1. The zero-order valence-corrected chi connectivity index (χ0v) is 24.0. The first-order valence-electron chi connectivity index (χ1n) is 13.5. The van der Waals surface area contributed by atoms with E-state index in [2.05, 4.69) is 15.2 Å². The smallest absolute Gasteiger partial charge is 0.419 e. The molecule has 0 spiro atoms. The number of fused-ring (bicyclic) bond motifs is 2. The molecular formula is C30H25ClF4N6O3. The van der Waals surface area contributed by atoms with Gasteiger partial charge in [0.2, 0.25) is 0 Å². The lowest BCUT2D eigenvalue weighted by Crippen LogP contribution is -2.31. The lowest BCUT2D eigenvalue weighted by atomic mass is 9.96. The van der Waals surface area contributed by atoms with Crippen LogP contribution in [0.5, 0.6) is 5.75 Å². The quantitative estimate of drug-likeness (QED) is 0.215. The second-order valence-corrected chi connectivity index (χ2v) is 11.0. The van der Waals surface area contributed by atoms with E-state index in [9.17, 15) is 27.5 Å². The van der Waals surface area contributed by atoms with Crippen LogP contribution >= 0.6 is 11.6 Å². The molecule has 1 N–H and O–H groups in total. The van der Waals surface area contributed by atoms with Gasteiger partial charge in [-0.1, -0.05) is 22.9 Å². The third-order valence-electron chi connectivity index (χ3n) is 7.66. The van der Waals surface area contributed by atoms with Crippen molar-refractivity contribution in [2.24, 2.45) is 7.05 Å². The van der Waals surface area contributed by atoms with Crippen molar-refractivity contribution in [3.63, 3.8) is 0 Å². The Labute approximate surface area is 253 Å². The normalized spacial score (nSPS) is 13.8. The highest BCUT2D eigenvalue weighted by atomic mass is 35.5. The Kier molecular flexibility index (Phi) is 7.76. The standard InChI is InChI=1S/C30H25ClF4N6O3/c1-39-22(12-36-38-39)14-41-26-9-18(29(42)43)3-5-25(26)37-28(41)15-40-7-6-17-8-23(30(33,34)35)27(10-20(17)13-40)44-16-19-2-4-21(31)11-24(19)32/h2-5,8-12H,6-7,13-16H2,1H3,(H,42,43). The van der Waals surface area contributed by atoms with Gasteiger partial charge in [0.05, 0.1) is 47.1 Å². The summed E-state index contributed by atoms with van der Waals surface area (Å²) < 4.78 is 65.4. The molecule has 0 unspecified atom stereocenters. The van der Waals surface area contributed by atoms with Crippen molar-refractivity contribution in [1.29, 1.82) is 0 Å². The molecule has 5 aromatic rings. The summed E-state index contributed by atoms with van der Waals surface area (Å²) in [6.45, 7) is 1.05. The maximum absolute atomic E-state index is 14.3. The van der Waals surface area contributed by atoms with E-state index in [-0.39, 0.29) is 21.9 Å². The number of nitrogens with zero attached hydrogens (tertiary/aromatic N) is 6. The van der Waals surface area contributed by atoms with E-state index in [1.165, 1.54) is 24.3 Å². The molecule has 0 bridgehead atoms. The summed E-state index contributed by atoms with van der Waals surface area (Å²) in [4.78, 5) is 18.5. The summed E-state index contributed by atoms with van der Waals surface area (Å²) in [5.74, 6) is -1.47. The zero-order valence-electron chi connectivity index (χ0n) is 23.3. The molecule has 0 saturated carbocycles. The van der Waals surface area contributed by atoms with Gasteiger partial charge in [-0.05, 0) is 60.0 Å². The number of aromatic carboxylic acids is 1. The summed E-state index contributed by atoms with van der Waals surface area (Å²) in [5, 5.41) is 17.6. The van der Waals surface area contributed by atoms with Gasteiger partial charge in [0.15, 0.2) is 0 Å². The van der Waals surface area contributed by atoms with E-state index < -0.39 is 30.1 Å². The highest BCUT2D eigenvalue weighted by Gasteiger charge is 2.36. The maximum atomic E-state index is 14.3. The van der Waals surface area contributed by atoms with Crippen LogP contribution in [0, 0.1) is 5.82 Å². The molecule has 0 radical (unpaired) electrons. The minimum Gasteiger partial charge on any atom is -0.488 e. The highest BCUT2D eigenvalue weighted by Crippen LogP contribution is 2.40. The average Bonchev–Trinajstić information content (AvgIpc) is 3.53. The molecule has 0 saturated heterocycles. The third-order valence-corrected chi connectivity index (χ3v) is 7.90. The van der Waals surface area contributed by atoms with Gasteiger partial charge in [-0.3, -0.25) is 9.58 Å². The number of aryl methyl sites for hydroxylation is 1. The van der Waals surface area contributed by atoms with E-state index in [0.29, 0.717) is 60.6 Å². The fourth-order valence-corrected chi connectivity index (χ4v) is 5.49. The molecule has 1 aliphatic rings.